The van der Waals surface area contributed by atoms with Gasteiger partial charge in [0.25, 0.3) is 0 Å². The molecule has 1 aromatic rings. The average Bonchev–Trinajstić information content (AvgIpc) is 2.28. The molecule has 0 aromatic carbocycles. The number of pyridine rings is 1. The zero-order valence-electron chi connectivity index (χ0n) is 12.1. The van der Waals surface area contributed by atoms with Gasteiger partial charge < -0.3 is 14.4 Å². The Hall–Kier alpha value is -1.14. The van der Waals surface area contributed by atoms with E-state index in [2.05, 4.69) is 20.9 Å². The Bertz CT molecular complexity index is 490. The maximum atomic E-state index is 12.0. The molecule has 0 radical (unpaired) electrons. The molecule has 0 spiro atoms. The van der Waals surface area contributed by atoms with Crippen molar-refractivity contribution in [3.8, 4) is 0 Å². The van der Waals surface area contributed by atoms with E-state index in [9.17, 15) is 4.79 Å². The van der Waals surface area contributed by atoms with E-state index in [0.29, 0.717) is 13.1 Å². The highest BCUT2D eigenvalue weighted by atomic mass is 79.9. The van der Waals surface area contributed by atoms with Gasteiger partial charge in [-0.1, -0.05) is 0 Å². The summed E-state index contributed by atoms with van der Waals surface area (Å²) in [6.07, 6.45) is 1.41. The number of hydrogen-bond donors (Lipinski definition) is 0. The van der Waals surface area contributed by atoms with E-state index in [1.165, 1.54) is 0 Å². The van der Waals surface area contributed by atoms with E-state index in [1.807, 2.05) is 32.9 Å². The summed E-state index contributed by atoms with van der Waals surface area (Å²) in [4.78, 5) is 17.9. The van der Waals surface area contributed by atoms with E-state index in [1.54, 1.807) is 18.2 Å². The van der Waals surface area contributed by atoms with Crippen LogP contribution in [-0.4, -0.2) is 41.8 Å². The van der Waals surface area contributed by atoms with Gasteiger partial charge in [0.05, 0.1) is 18.8 Å². The zero-order valence-corrected chi connectivity index (χ0v) is 13.7. The van der Waals surface area contributed by atoms with Crippen LogP contribution < -0.4 is 0 Å². The maximum Gasteiger partial charge on any atom is 0.410 e. The number of aromatic nitrogens is 1. The summed E-state index contributed by atoms with van der Waals surface area (Å²) >= 11 is 3.35. The van der Waals surface area contributed by atoms with Gasteiger partial charge in [-0.05, 0) is 48.8 Å². The molecule has 0 unspecified atom stereocenters. The summed E-state index contributed by atoms with van der Waals surface area (Å²) in [6, 6.07) is 3.82. The van der Waals surface area contributed by atoms with Crippen molar-refractivity contribution in [3.05, 3.63) is 28.5 Å². The molecular weight excluding hydrogens is 324 g/mol. The number of carbonyl (C=O) groups excluding carboxylic acids is 1. The van der Waals surface area contributed by atoms with E-state index in [0.717, 1.165) is 10.2 Å². The molecule has 0 atom stereocenters. The van der Waals surface area contributed by atoms with E-state index < -0.39 is 11.2 Å². The Kier molecular flexibility index (Phi) is 4.07. The Morgan fingerprint density at radius 1 is 1.40 bits per heavy atom. The number of nitrogens with zero attached hydrogens (tertiary/aromatic N) is 2. The van der Waals surface area contributed by atoms with Gasteiger partial charge in [-0.3, -0.25) is 4.98 Å². The van der Waals surface area contributed by atoms with Gasteiger partial charge in [0.15, 0.2) is 0 Å². The smallest absolute Gasteiger partial charge is 0.410 e. The highest BCUT2D eigenvalue weighted by Gasteiger charge is 2.49. The molecule has 6 heteroatoms. The maximum absolute atomic E-state index is 12.0. The Labute approximate surface area is 127 Å². The van der Waals surface area contributed by atoms with E-state index >= 15 is 0 Å². The highest BCUT2D eigenvalue weighted by Crippen LogP contribution is 2.35. The molecule has 0 saturated carbocycles. The van der Waals surface area contributed by atoms with Crippen LogP contribution in [-0.2, 0) is 15.1 Å². The molecule has 1 saturated heterocycles. The lowest BCUT2D eigenvalue weighted by Gasteiger charge is -2.48. The molecule has 2 heterocycles. The fourth-order valence-corrected chi connectivity index (χ4v) is 2.30. The van der Waals surface area contributed by atoms with Crippen LogP contribution >= 0.6 is 15.9 Å². The van der Waals surface area contributed by atoms with Crippen LogP contribution in [0.3, 0.4) is 0 Å². The third-order valence-corrected chi connectivity index (χ3v) is 3.60. The third-order valence-electron chi connectivity index (χ3n) is 3.13. The van der Waals surface area contributed by atoms with Gasteiger partial charge in [-0.25, -0.2) is 4.79 Å². The first-order valence-electron chi connectivity index (χ1n) is 6.41. The lowest BCUT2D eigenvalue weighted by atomic mass is 9.90. The highest BCUT2D eigenvalue weighted by molar-refractivity contribution is 9.10. The molecule has 0 bridgehead atoms. The first-order valence-corrected chi connectivity index (χ1v) is 7.20. The number of hydrogen-bond acceptors (Lipinski definition) is 4. The molecule has 110 valence electrons. The standard InChI is InChI=1S/C14H19BrN2O3/c1-13(2,3)20-12(18)17-8-14(9-17,19-4)11-6-5-10(15)7-16-11/h5-7H,8-9H2,1-4H3. The summed E-state index contributed by atoms with van der Waals surface area (Å²) in [5.41, 5.74) is -0.196. The van der Waals surface area contributed by atoms with Crippen molar-refractivity contribution in [3.63, 3.8) is 0 Å². The molecule has 1 aliphatic rings. The fourth-order valence-electron chi connectivity index (χ4n) is 2.07. The summed E-state index contributed by atoms with van der Waals surface area (Å²) in [5, 5.41) is 0. The first kappa shape index (κ1) is 15.3. The van der Waals surface area contributed by atoms with Crippen molar-refractivity contribution in [1.29, 1.82) is 0 Å². The SMILES string of the molecule is COC1(c2ccc(Br)cn2)CN(C(=O)OC(C)(C)C)C1. The van der Waals surface area contributed by atoms with Crippen molar-refractivity contribution in [2.75, 3.05) is 20.2 Å². The predicted octanol–water partition coefficient (Wildman–Crippen LogP) is 2.94. The topological polar surface area (TPSA) is 51.7 Å². The fraction of sp³-hybridized carbons (Fsp3) is 0.571. The lowest BCUT2D eigenvalue weighted by Crippen LogP contribution is -2.63. The zero-order chi connectivity index (χ0) is 15.0. The number of rotatable bonds is 2. The minimum absolute atomic E-state index is 0.317. The molecule has 5 nitrogen and oxygen atoms in total. The third kappa shape index (κ3) is 3.12. The number of carbonyl (C=O) groups is 1. The largest absolute Gasteiger partial charge is 0.444 e. The monoisotopic (exact) mass is 342 g/mol. The van der Waals surface area contributed by atoms with Crippen molar-refractivity contribution in [2.45, 2.75) is 32.0 Å². The molecule has 1 aliphatic heterocycles. The molecule has 2 rings (SSSR count). The Morgan fingerprint density at radius 3 is 2.50 bits per heavy atom. The summed E-state index contributed by atoms with van der Waals surface area (Å²) < 4.78 is 11.8. The molecular formula is C14H19BrN2O3. The van der Waals surface area contributed by atoms with Gasteiger partial charge in [-0.2, -0.15) is 0 Å². The summed E-state index contributed by atoms with van der Waals surface area (Å²) in [6.45, 7) is 6.46. The molecule has 1 aromatic heterocycles. The van der Waals surface area contributed by atoms with Crippen LogP contribution in [0, 0.1) is 0 Å². The van der Waals surface area contributed by atoms with Crippen molar-refractivity contribution in [2.24, 2.45) is 0 Å². The number of likely N-dealkylation sites (tertiary alicyclic amines) is 1. The van der Waals surface area contributed by atoms with Crippen LogP contribution in [0.2, 0.25) is 0 Å². The average molecular weight is 343 g/mol. The number of halogens is 1. The van der Waals surface area contributed by atoms with Crippen LogP contribution in [0.15, 0.2) is 22.8 Å². The Morgan fingerprint density at radius 2 is 2.05 bits per heavy atom. The molecule has 0 N–H and O–H groups in total. The normalized spacial score (nSPS) is 17.6. The number of amides is 1. The second-order valence-corrected chi connectivity index (χ2v) is 6.81. The molecule has 1 amide bonds. The molecule has 1 fully saturated rings. The van der Waals surface area contributed by atoms with Crippen LogP contribution in [0.1, 0.15) is 26.5 Å². The second-order valence-electron chi connectivity index (χ2n) is 5.90. The second kappa shape index (κ2) is 5.33. The van der Waals surface area contributed by atoms with Crippen molar-refractivity contribution >= 4 is 22.0 Å². The summed E-state index contributed by atoms with van der Waals surface area (Å²) in [5.74, 6) is 0. The van der Waals surface area contributed by atoms with Crippen molar-refractivity contribution in [1.82, 2.24) is 9.88 Å². The van der Waals surface area contributed by atoms with E-state index in [-0.39, 0.29) is 6.09 Å². The number of ether oxygens (including phenoxy) is 2. The molecule has 20 heavy (non-hydrogen) atoms. The molecule has 0 aliphatic carbocycles. The van der Waals surface area contributed by atoms with Gasteiger partial charge >= 0.3 is 6.09 Å². The van der Waals surface area contributed by atoms with Crippen LogP contribution in [0.4, 0.5) is 4.79 Å². The quantitative estimate of drug-likeness (QED) is 0.829. The number of methoxy groups -OCH3 is 1. The first-order chi connectivity index (χ1) is 9.26. The predicted molar refractivity (Wildman–Crippen MR) is 78.4 cm³/mol. The summed E-state index contributed by atoms with van der Waals surface area (Å²) in [7, 11) is 1.64. The van der Waals surface area contributed by atoms with Crippen LogP contribution in [0.5, 0.6) is 0 Å². The van der Waals surface area contributed by atoms with Gasteiger partial charge in [-0.15, -0.1) is 0 Å². The minimum atomic E-state index is -0.530. The van der Waals surface area contributed by atoms with Crippen LogP contribution in [0.25, 0.3) is 0 Å². The van der Waals surface area contributed by atoms with Gasteiger partial charge in [0.1, 0.15) is 11.2 Å². The van der Waals surface area contributed by atoms with E-state index in [4.69, 9.17) is 9.47 Å². The lowest BCUT2D eigenvalue weighted by molar-refractivity contribution is -0.129. The van der Waals surface area contributed by atoms with Gasteiger partial charge in [0, 0.05) is 17.8 Å². The Balaban J connectivity index is 2.04. The van der Waals surface area contributed by atoms with Crippen molar-refractivity contribution < 1.29 is 14.3 Å². The van der Waals surface area contributed by atoms with Gasteiger partial charge in [0.2, 0.25) is 0 Å². The minimum Gasteiger partial charge on any atom is -0.444 e.